The molecule has 0 spiro atoms. The Morgan fingerprint density at radius 1 is 1.00 bits per heavy atom. The molecule has 4 rings (SSSR count). The van der Waals surface area contributed by atoms with Crippen molar-refractivity contribution in [2.24, 2.45) is 0 Å². The molecule has 174 valence electrons. The van der Waals surface area contributed by atoms with Gasteiger partial charge in [0.1, 0.15) is 17.5 Å². The smallest absolute Gasteiger partial charge is 0.353 e. The van der Waals surface area contributed by atoms with Gasteiger partial charge in [-0.2, -0.15) is 26.3 Å². The molecule has 1 aromatic heterocycles. The molecule has 2 aliphatic rings. The van der Waals surface area contributed by atoms with Gasteiger partial charge in [-0.15, -0.1) is 0 Å². The summed E-state index contributed by atoms with van der Waals surface area (Å²) >= 11 is 0. The Morgan fingerprint density at radius 2 is 1.66 bits per heavy atom. The summed E-state index contributed by atoms with van der Waals surface area (Å²) in [6, 6.07) is 2.04. The monoisotopic (exact) mass is 458 g/mol. The number of rotatable bonds is 4. The van der Waals surface area contributed by atoms with Gasteiger partial charge in [0.15, 0.2) is 0 Å². The first-order chi connectivity index (χ1) is 15.0. The molecule has 0 fully saturated rings. The second kappa shape index (κ2) is 7.81. The average Bonchev–Trinajstić information content (AvgIpc) is 3.07. The summed E-state index contributed by atoms with van der Waals surface area (Å²) in [6.45, 7) is 6.80. The third kappa shape index (κ3) is 3.77. The van der Waals surface area contributed by atoms with Crippen LogP contribution in [0.5, 0.6) is 0 Å². The van der Waals surface area contributed by atoms with Crippen molar-refractivity contribution in [3.05, 3.63) is 40.7 Å². The number of nitrogens with zero attached hydrogens (tertiary/aromatic N) is 4. The number of aromatic nitrogens is 2. The van der Waals surface area contributed by atoms with E-state index in [1.54, 1.807) is 6.92 Å². The Labute approximate surface area is 182 Å². The van der Waals surface area contributed by atoms with Gasteiger partial charge < -0.3 is 9.80 Å². The number of alkyl halides is 6. The van der Waals surface area contributed by atoms with Crippen LogP contribution in [0.3, 0.4) is 0 Å². The Morgan fingerprint density at radius 3 is 2.25 bits per heavy atom. The van der Waals surface area contributed by atoms with Crippen LogP contribution in [0.1, 0.15) is 61.5 Å². The van der Waals surface area contributed by atoms with Gasteiger partial charge in [0, 0.05) is 30.6 Å². The first-order valence-electron chi connectivity index (χ1n) is 10.7. The van der Waals surface area contributed by atoms with Crippen molar-refractivity contribution in [3.8, 4) is 0 Å². The molecule has 1 atom stereocenters. The fourth-order valence-corrected chi connectivity index (χ4v) is 4.84. The van der Waals surface area contributed by atoms with Gasteiger partial charge in [-0.3, -0.25) is 0 Å². The molecule has 32 heavy (non-hydrogen) atoms. The summed E-state index contributed by atoms with van der Waals surface area (Å²) in [4.78, 5) is 12.7. The van der Waals surface area contributed by atoms with Gasteiger partial charge >= 0.3 is 12.4 Å². The van der Waals surface area contributed by atoms with Crippen LogP contribution in [0.25, 0.3) is 0 Å². The maximum atomic E-state index is 13.8. The van der Waals surface area contributed by atoms with Crippen LogP contribution >= 0.6 is 0 Å². The van der Waals surface area contributed by atoms with Crippen LogP contribution < -0.4 is 9.80 Å². The topological polar surface area (TPSA) is 32.3 Å². The maximum Gasteiger partial charge on any atom is 0.418 e. The first kappa shape index (κ1) is 22.7. The zero-order chi connectivity index (χ0) is 23.4. The van der Waals surface area contributed by atoms with Crippen LogP contribution in [-0.2, 0) is 12.4 Å². The number of halogens is 6. The van der Waals surface area contributed by atoms with Gasteiger partial charge in [0.25, 0.3) is 0 Å². The summed E-state index contributed by atoms with van der Waals surface area (Å²) in [5.74, 6) is 1.60. The van der Waals surface area contributed by atoms with Crippen molar-refractivity contribution >= 4 is 17.3 Å². The summed E-state index contributed by atoms with van der Waals surface area (Å²) in [6.07, 6.45) is -7.43. The number of benzene rings is 1. The van der Waals surface area contributed by atoms with Crippen LogP contribution in [0, 0.1) is 6.92 Å². The predicted molar refractivity (Wildman–Crippen MR) is 109 cm³/mol. The molecular formula is C22H24F6N4. The fourth-order valence-electron chi connectivity index (χ4n) is 4.84. The highest BCUT2D eigenvalue weighted by Gasteiger charge is 2.44. The van der Waals surface area contributed by atoms with E-state index in [4.69, 9.17) is 0 Å². The van der Waals surface area contributed by atoms with Crippen LogP contribution in [0.15, 0.2) is 18.2 Å². The Hall–Kier alpha value is -2.52. The molecule has 10 heteroatoms. The predicted octanol–water partition coefficient (Wildman–Crippen LogP) is 6.46. The maximum absolute atomic E-state index is 13.8. The van der Waals surface area contributed by atoms with E-state index in [1.165, 1.54) is 4.90 Å². The molecule has 1 aromatic carbocycles. The number of aryl methyl sites for hydroxylation is 1. The lowest BCUT2D eigenvalue weighted by Gasteiger charge is -2.34. The molecule has 3 heterocycles. The normalized spacial score (nSPS) is 18.5. The van der Waals surface area contributed by atoms with E-state index in [0.717, 1.165) is 36.8 Å². The summed E-state index contributed by atoms with van der Waals surface area (Å²) in [5, 5.41) is 0. The van der Waals surface area contributed by atoms with Gasteiger partial charge in [-0.05, 0) is 44.4 Å². The van der Waals surface area contributed by atoms with Crippen molar-refractivity contribution < 1.29 is 26.3 Å². The highest BCUT2D eigenvalue weighted by molar-refractivity contribution is 5.75. The Balaban J connectivity index is 1.87. The van der Waals surface area contributed by atoms with Crippen LogP contribution in [0.2, 0.25) is 0 Å². The lowest BCUT2D eigenvalue weighted by molar-refractivity contribution is -0.142. The second-order valence-electron chi connectivity index (χ2n) is 8.32. The molecule has 1 unspecified atom stereocenters. The minimum absolute atomic E-state index is 0.0845. The van der Waals surface area contributed by atoms with E-state index < -0.39 is 23.5 Å². The van der Waals surface area contributed by atoms with Crippen molar-refractivity contribution in [2.75, 3.05) is 22.9 Å². The Bertz CT molecular complexity index is 1010. The van der Waals surface area contributed by atoms with Crippen molar-refractivity contribution in [3.63, 3.8) is 0 Å². The van der Waals surface area contributed by atoms with E-state index in [9.17, 15) is 26.3 Å². The van der Waals surface area contributed by atoms with E-state index >= 15 is 0 Å². The van der Waals surface area contributed by atoms with E-state index in [2.05, 4.69) is 28.7 Å². The van der Waals surface area contributed by atoms with Crippen molar-refractivity contribution in [1.29, 1.82) is 0 Å². The molecule has 0 radical (unpaired) electrons. The van der Waals surface area contributed by atoms with Gasteiger partial charge in [0.2, 0.25) is 0 Å². The van der Waals surface area contributed by atoms with Crippen LogP contribution in [0.4, 0.5) is 43.7 Å². The highest BCUT2D eigenvalue weighted by atomic mass is 19.4. The number of anilines is 3. The molecule has 0 amide bonds. The van der Waals surface area contributed by atoms with E-state index in [-0.39, 0.29) is 30.3 Å². The van der Waals surface area contributed by atoms with Crippen molar-refractivity contribution in [1.82, 2.24) is 9.97 Å². The van der Waals surface area contributed by atoms with Gasteiger partial charge in [-0.1, -0.05) is 13.8 Å². The molecule has 0 saturated carbocycles. The molecule has 2 aromatic rings. The minimum atomic E-state index is -4.94. The lowest BCUT2D eigenvalue weighted by atomic mass is 9.94. The first-order valence-corrected chi connectivity index (χ1v) is 10.7. The third-order valence-corrected chi connectivity index (χ3v) is 6.37. The fraction of sp³-hybridized carbons (Fsp3) is 0.545. The molecule has 0 saturated heterocycles. The molecule has 2 aliphatic heterocycles. The largest absolute Gasteiger partial charge is 0.418 e. The molecule has 0 N–H and O–H groups in total. The average molecular weight is 458 g/mol. The minimum Gasteiger partial charge on any atom is -0.353 e. The summed E-state index contributed by atoms with van der Waals surface area (Å²) < 4.78 is 80.8. The van der Waals surface area contributed by atoms with E-state index in [0.29, 0.717) is 24.1 Å². The summed E-state index contributed by atoms with van der Waals surface area (Å²) in [7, 11) is 0. The molecule has 0 bridgehead atoms. The second-order valence-corrected chi connectivity index (χ2v) is 8.32. The standard InChI is InChI=1S/C22H24F6N4/c1-4-15(5-2)32-11-13-8-9-31(19-18(13)20(32)30-12(3)29-19)17-7-6-14(21(23,24)25)10-16(17)22(26,27)28/h6-7,10,13,15H,4-5,8-9,11H2,1-3H3. The Kier molecular flexibility index (Phi) is 5.53. The van der Waals surface area contributed by atoms with Crippen molar-refractivity contribution in [2.45, 2.75) is 64.3 Å². The van der Waals surface area contributed by atoms with Gasteiger partial charge in [-0.25, -0.2) is 9.97 Å². The van der Waals surface area contributed by atoms with Crippen LogP contribution in [-0.4, -0.2) is 29.1 Å². The quantitative estimate of drug-likeness (QED) is 0.493. The number of hydrogen-bond acceptors (Lipinski definition) is 4. The number of hydrogen-bond donors (Lipinski definition) is 0. The van der Waals surface area contributed by atoms with Gasteiger partial charge in [0.05, 0.1) is 16.8 Å². The van der Waals surface area contributed by atoms with E-state index in [1.807, 2.05) is 0 Å². The summed E-state index contributed by atoms with van der Waals surface area (Å²) in [5.41, 5.74) is -2.16. The lowest BCUT2D eigenvalue weighted by Crippen LogP contribution is -2.34. The third-order valence-electron chi connectivity index (χ3n) is 6.37. The zero-order valence-corrected chi connectivity index (χ0v) is 18.0. The molecular weight excluding hydrogens is 434 g/mol. The zero-order valence-electron chi connectivity index (χ0n) is 18.0. The molecule has 4 nitrogen and oxygen atoms in total. The molecule has 0 aliphatic carbocycles. The highest BCUT2D eigenvalue weighted by Crippen LogP contribution is 2.50. The SMILES string of the molecule is CCC(CC)N1CC2CCN(c3ccc(C(F)(F)F)cc3C(F)(F)F)c3nc(C)nc1c32.